The van der Waals surface area contributed by atoms with Gasteiger partial charge in [0.1, 0.15) is 12.0 Å². The molecule has 4 rings (SSSR count). The van der Waals surface area contributed by atoms with Crippen molar-refractivity contribution in [1.29, 1.82) is 0 Å². The van der Waals surface area contributed by atoms with E-state index >= 15 is 0 Å². The molecule has 0 fully saturated rings. The number of aryl methyl sites for hydroxylation is 1. The molecule has 4 nitrogen and oxygen atoms in total. The van der Waals surface area contributed by atoms with Gasteiger partial charge >= 0.3 is 0 Å². The molecule has 1 aliphatic rings. The summed E-state index contributed by atoms with van der Waals surface area (Å²) >= 11 is 0. The SMILES string of the molecule is Oc1ncnc2c1c1c(n2Cc2ccccc2)CCCC1. The van der Waals surface area contributed by atoms with E-state index in [1.54, 1.807) is 0 Å². The summed E-state index contributed by atoms with van der Waals surface area (Å²) in [6.07, 6.45) is 5.88. The van der Waals surface area contributed by atoms with Crippen molar-refractivity contribution in [3.63, 3.8) is 0 Å². The maximum absolute atomic E-state index is 10.1. The van der Waals surface area contributed by atoms with Crippen LogP contribution in [0.2, 0.25) is 0 Å². The third kappa shape index (κ3) is 1.98. The van der Waals surface area contributed by atoms with Crippen LogP contribution in [-0.4, -0.2) is 19.6 Å². The highest BCUT2D eigenvalue weighted by atomic mass is 16.3. The Hall–Kier alpha value is -2.36. The first-order valence-electron chi connectivity index (χ1n) is 7.42. The van der Waals surface area contributed by atoms with Gasteiger partial charge < -0.3 is 9.67 Å². The van der Waals surface area contributed by atoms with Crippen LogP contribution in [0.5, 0.6) is 5.88 Å². The fourth-order valence-electron chi connectivity index (χ4n) is 3.36. The maximum Gasteiger partial charge on any atom is 0.223 e. The minimum absolute atomic E-state index is 0.116. The molecule has 2 aromatic heterocycles. The van der Waals surface area contributed by atoms with Crippen molar-refractivity contribution >= 4 is 11.0 Å². The van der Waals surface area contributed by atoms with Gasteiger partial charge in [0.2, 0.25) is 5.88 Å². The lowest BCUT2D eigenvalue weighted by Gasteiger charge is -2.15. The molecule has 0 spiro atoms. The lowest BCUT2D eigenvalue weighted by Crippen LogP contribution is -2.09. The van der Waals surface area contributed by atoms with Crippen LogP contribution in [0.15, 0.2) is 36.7 Å². The Bertz CT molecular complexity index is 793. The van der Waals surface area contributed by atoms with Gasteiger partial charge in [-0.25, -0.2) is 9.97 Å². The second kappa shape index (κ2) is 4.88. The van der Waals surface area contributed by atoms with E-state index in [9.17, 15) is 5.11 Å². The molecule has 1 N–H and O–H groups in total. The van der Waals surface area contributed by atoms with Crippen LogP contribution >= 0.6 is 0 Å². The average molecular weight is 279 g/mol. The molecule has 0 saturated heterocycles. The van der Waals surface area contributed by atoms with Gasteiger partial charge in [0.15, 0.2) is 0 Å². The zero-order valence-corrected chi connectivity index (χ0v) is 11.8. The first-order valence-corrected chi connectivity index (χ1v) is 7.42. The molecule has 0 aliphatic heterocycles. The summed E-state index contributed by atoms with van der Waals surface area (Å²) in [7, 11) is 0. The second-order valence-electron chi connectivity index (χ2n) is 5.60. The third-order valence-electron chi connectivity index (χ3n) is 4.31. The molecule has 4 heteroatoms. The maximum atomic E-state index is 10.1. The quantitative estimate of drug-likeness (QED) is 0.784. The van der Waals surface area contributed by atoms with Gasteiger partial charge in [-0.1, -0.05) is 30.3 Å². The van der Waals surface area contributed by atoms with Crippen LogP contribution in [0.1, 0.15) is 29.7 Å². The minimum atomic E-state index is 0.116. The van der Waals surface area contributed by atoms with Gasteiger partial charge in [-0.2, -0.15) is 0 Å². The largest absolute Gasteiger partial charge is 0.493 e. The summed E-state index contributed by atoms with van der Waals surface area (Å²) in [4.78, 5) is 8.40. The molecule has 0 amide bonds. The van der Waals surface area contributed by atoms with E-state index in [0.717, 1.165) is 30.4 Å². The van der Waals surface area contributed by atoms with Gasteiger partial charge in [-0.15, -0.1) is 0 Å². The van der Waals surface area contributed by atoms with E-state index in [0.29, 0.717) is 0 Å². The summed E-state index contributed by atoms with van der Waals surface area (Å²) in [5, 5.41) is 11.0. The zero-order chi connectivity index (χ0) is 14.2. The number of rotatable bonds is 2. The predicted molar refractivity (Wildman–Crippen MR) is 81.4 cm³/mol. The number of aromatic hydroxyl groups is 1. The number of aromatic nitrogens is 3. The average Bonchev–Trinajstić information content (AvgIpc) is 2.84. The van der Waals surface area contributed by atoms with Crippen LogP contribution in [0, 0.1) is 0 Å². The smallest absolute Gasteiger partial charge is 0.223 e. The molecule has 21 heavy (non-hydrogen) atoms. The number of hydrogen-bond acceptors (Lipinski definition) is 3. The van der Waals surface area contributed by atoms with Crippen molar-refractivity contribution in [2.24, 2.45) is 0 Å². The Balaban J connectivity index is 1.93. The standard InChI is InChI=1S/C17H17N3O/c21-17-15-13-8-4-5-9-14(13)20(16(15)18-11-19-17)10-12-6-2-1-3-7-12/h1-3,6-7,11H,4-5,8-10H2,(H,18,19,21). The van der Waals surface area contributed by atoms with Crippen molar-refractivity contribution in [3.8, 4) is 5.88 Å². The Kier molecular flexibility index (Phi) is 2.88. The topological polar surface area (TPSA) is 50.9 Å². The molecule has 0 radical (unpaired) electrons. The molecule has 0 bridgehead atoms. The van der Waals surface area contributed by atoms with E-state index < -0.39 is 0 Å². The third-order valence-corrected chi connectivity index (χ3v) is 4.31. The summed E-state index contributed by atoms with van der Waals surface area (Å²) < 4.78 is 2.25. The highest BCUT2D eigenvalue weighted by Gasteiger charge is 2.23. The fraction of sp³-hybridized carbons (Fsp3) is 0.294. The van der Waals surface area contributed by atoms with Crippen LogP contribution in [-0.2, 0) is 19.4 Å². The van der Waals surface area contributed by atoms with Crippen LogP contribution in [0.3, 0.4) is 0 Å². The number of benzene rings is 1. The van der Waals surface area contributed by atoms with E-state index in [2.05, 4.69) is 38.8 Å². The Labute approximate surface area is 123 Å². The Morgan fingerprint density at radius 3 is 2.71 bits per heavy atom. The van der Waals surface area contributed by atoms with Gasteiger partial charge in [-0.05, 0) is 36.8 Å². The molecule has 1 aliphatic carbocycles. The fourth-order valence-corrected chi connectivity index (χ4v) is 3.36. The lowest BCUT2D eigenvalue weighted by molar-refractivity contribution is 0.458. The molecule has 1 aromatic carbocycles. The van der Waals surface area contributed by atoms with Crippen molar-refractivity contribution in [3.05, 3.63) is 53.5 Å². The van der Waals surface area contributed by atoms with Gasteiger partial charge in [0.25, 0.3) is 0 Å². The Morgan fingerprint density at radius 2 is 1.86 bits per heavy atom. The summed E-state index contributed by atoms with van der Waals surface area (Å²) in [6, 6.07) is 10.4. The summed E-state index contributed by atoms with van der Waals surface area (Å²) in [5.41, 5.74) is 4.67. The predicted octanol–water partition coefficient (Wildman–Crippen LogP) is 3.06. The summed E-state index contributed by atoms with van der Waals surface area (Å²) in [5.74, 6) is 0.116. The summed E-state index contributed by atoms with van der Waals surface area (Å²) in [6.45, 7) is 0.795. The van der Waals surface area contributed by atoms with Crippen molar-refractivity contribution < 1.29 is 5.11 Å². The molecule has 0 saturated carbocycles. The van der Waals surface area contributed by atoms with Crippen LogP contribution in [0.4, 0.5) is 0 Å². The molecule has 0 atom stereocenters. The first-order chi connectivity index (χ1) is 10.3. The molecule has 0 unspecified atom stereocenters. The van der Waals surface area contributed by atoms with E-state index in [4.69, 9.17) is 0 Å². The molecular formula is C17H17N3O. The highest BCUT2D eigenvalue weighted by Crippen LogP contribution is 2.35. The normalized spacial score (nSPS) is 14.3. The van der Waals surface area contributed by atoms with Gasteiger partial charge in [-0.3, -0.25) is 0 Å². The second-order valence-corrected chi connectivity index (χ2v) is 5.60. The monoisotopic (exact) mass is 279 g/mol. The Morgan fingerprint density at radius 1 is 1.05 bits per heavy atom. The lowest BCUT2D eigenvalue weighted by atomic mass is 9.96. The molecule has 106 valence electrons. The van der Waals surface area contributed by atoms with Crippen LogP contribution in [0.25, 0.3) is 11.0 Å². The number of hydrogen-bond donors (Lipinski definition) is 1. The zero-order valence-electron chi connectivity index (χ0n) is 11.8. The minimum Gasteiger partial charge on any atom is -0.493 e. The van der Waals surface area contributed by atoms with Gasteiger partial charge in [0.05, 0.1) is 5.39 Å². The number of nitrogens with zero attached hydrogens (tertiary/aromatic N) is 3. The van der Waals surface area contributed by atoms with Crippen LogP contribution < -0.4 is 0 Å². The number of fused-ring (bicyclic) bond motifs is 3. The molecular weight excluding hydrogens is 262 g/mol. The van der Waals surface area contributed by atoms with Crippen molar-refractivity contribution in [2.45, 2.75) is 32.2 Å². The van der Waals surface area contributed by atoms with Crippen molar-refractivity contribution in [1.82, 2.24) is 14.5 Å². The van der Waals surface area contributed by atoms with E-state index in [1.807, 2.05) is 6.07 Å². The highest BCUT2D eigenvalue weighted by molar-refractivity contribution is 5.87. The first kappa shape index (κ1) is 12.4. The molecule has 3 aromatic rings. The van der Waals surface area contributed by atoms with Crippen molar-refractivity contribution in [2.75, 3.05) is 0 Å². The molecule has 2 heterocycles. The van der Waals surface area contributed by atoms with Gasteiger partial charge in [0, 0.05) is 12.2 Å². The van der Waals surface area contributed by atoms with E-state index in [-0.39, 0.29) is 5.88 Å². The van der Waals surface area contributed by atoms with E-state index in [1.165, 1.54) is 36.0 Å².